The summed E-state index contributed by atoms with van der Waals surface area (Å²) < 4.78 is 119. The fraction of sp³-hybridized carbons (Fsp3) is 0.458. The van der Waals surface area contributed by atoms with Crippen LogP contribution in [-0.2, 0) is 51.8 Å². The van der Waals surface area contributed by atoms with Gasteiger partial charge in [0.05, 0.1) is 62.6 Å². The van der Waals surface area contributed by atoms with E-state index >= 15 is 0 Å². The smallest absolute Gasteiger partial charge is 0.314 e. The highest BCUT2D eigenvalue weighted by atomic mass is 35.5. The van der Waals surface area contributed by atoms with E-state index in [0.29, 0.717) is 71.7 Å². The number of amides is 4. The van der Waals surface area contributed by atoms with Gasteiger partial charge in [-0.25, -0.2) is 44.6 Å². The minimum atomic E-state index is -4.02. The van der Waals surface area contributed by atoms with Gasteiger partial charge in [0, 0.05) is 59.4 Å². The van der Waals surface area contributed by atoms with E-state index in [1.54, 1.807) is 24.3 Å². The summed E-state index contributed by atoms with van der Waals surface area (Å²) in [5.41, 5.74) is 3.34. The normalized spacial score (nSPS) is 15.1. The summed E-state index contributed by atoms with van der Waals surface area (Å²) in [6, 6.07) is 12.9. The zero-order valence-corrected chi connectivity index (χ0v) is 44.7. The highest BCUT2D eigenvalue weighted by Crippen LogP contribution is 2.42. The Labute approximate surface area is 449 Å². The van der Waals surface area contributed by atoms with Crippen molar-refractivity contribution in [2.75, 3.05) is 92.1 Å². The number of fused-ring (bicyclic) bond motifs is 2. The third-order valence-corrected chi connectivity index (χ3v) is 15.4. The highest BCUT2D eigenvalue weighted by Gasteiger charge is 2.30. The standard InChI is InChI=1S/C48H58Cl4F2N6O12S2/c49-31-25-37-35(39(51)27-31)5-9-43(37)71-45-7-3-33(29-41(45)53)73(63,64)59-15-19-69-23-21-67-17-13-57-47(61)55-11-1-2-12-56-48(62)58-14-18-68-22-24-70-20-16-60-74(65,66)34-4-8-46(42(54)30-34)72-44-10-6-36-38(44)26-32(50)28-40(36)52/h3-4,7-8,25-30,43-44,59-60H,1-2,5-6,9-24H2,(H2,55,57,61)(H2,56,58,62)/t43-,44-/m1/s1. The summed E-state index contributed by atoms with van der Waals surface area (Å²) in [6.45, 7) is 2.45. The molecule has 18 nitrogen and oxygen atoms in total. The van der Waals surface area contributed by atoms with Crippen LogP contribution in [0.1, 0.15) is 60.1 Å². The lowest BCUT2D eigenvalue weighted by Crippen LogP contribution is -2.39. The van der Waals surface area contributed by atoms with E-state index in [-0.39, 0.29) is 112 Å². The van der Waals surface area contributed by atoms with E-state index < -0.39 is 43.9 Å². The Bertz CT molecular complexity index is 2590. The molecule has 0 radical (unpaired) electrons. The Morgan fingerprint density at radius 2 is 0.865 bits per heavy atom. The summed E-state index contributed by atoms with van der Waals surface area (Å²) in [4.78, 5) is 23.6. The maximum absolute atomic E-state index is 14.9. The van der Waals surface area contributed by atoms with Gasteiger partial charge in [-0.3, -0.25) is 0 Å². The second-order valence-corrected chi connectivity index (χ2v) is 21.9. The number of unbranched alkanes of at least 4 members (excludes halogenated alkanes) is 1. The van der Waals surface area contributed by atoms with Crippen LogP contribution in [0.3, 0.4) is 0 Å². The van der Waals surface area contributed by atoms with Crippen molar-refractivity contribution in [1.82, 2.24) is 30.7 Å². The van der Waals surface area contributed by atoms with Crippen molar-refractivity contribution in [2.45, 2.75) is 60.5 Å². The van der Waals surface area contributed by atoms with Crippen LogP contribution < -0.4 is 40.2 Å². The van der Waals surface area contributed by atoms with E-state index in [2.05, 4.69) is 30.7 Å². The molecule has 26 heteroatoms. The molecular formula is C48H58Cl4F2N6O12S2. The van der Waals surface area contributed by atoms with E-state index in [1.807, 2.05) is 0 Å². The van der Waals surface area contributed by atoms with Crippen molar-refractivity contribution in [1.29, 1.82) is 0 Å². The Hall–Kier alpha value is -4.30. The highest BCUT2D eigenvalue weighted by molar-refractivity contribution is 7.89. The van der Waals surface area contributed by atoms with Crippen LogP contribution in [0.25, 0.3) is 0 Å². The molecule has 0 spiro atoms. The number of urea groups is 2. The number of carbonyl (C=O) groups excluding carboxylic acids is 2. The maximum atomic E-state index is 14.9. The number of nitrogens with one attached hydrogen (secondary N) is 6. The van der Waals surface area contributed by atoms with Crippen molar-refractivity contribution >= 4 is 78.5 Å². The Morgan fingerprint density at radius 3 is 1.24 bits per heavy atom. The van der Waals surface area contributed by atoms with Gasteiger partial charge in [0.1, 0.15) is 12.2 Å². The lowest BCUT2D eigenvalue weighted by molar-refractivity contribution is 0.0516. The lowest BCUT2D eigenvalue weighted by atomic mass is 10.1. The predicted octanol–water partition coefficient (Wildman–Crippen LogP) is 7.41. The number of halogens is 6. The van der Waals surface area contributed by atoms with Gasteiger partial charge in [0.2, 0.25) is 20.0 Å². The number of rotatable bonds is 31. The number of ether oxygens (including phenoxy) is 6. The van der Waals surface area contributed by atoms with E-state index in [9.17, 15) is 35.2 Å². The van der Waals surface area contributed by atoms with Crippen LogP contribution >= 0.6 is 46.4 Å². The third-order valence-electron chi connectivity index (χ3n) is 11.4. The van der Waals surface area contributed by atoms with Gasteiger partial charge in [-0.2, -0.15) is 0 Å². The molecule has 0 aromatic heterocycles. The van der Waals surface area contributed by atoms with Crippen LogP contribution in [0.5, 0.6) is 11.5 Å². The summed E-state index contributed by atoms with van der Waals surface area (Å²) in [7, 11) is -8.04. The summed E-state index contributed by atoms with van der Waals surface area (Å²) in [5, 5.41) is 12.7. The van der Waals surface area contributed by atoms with Crippen molar-refractivity contribution in [2.24, 2.45) is 0 Å². The molecule has 2 aliphatic carbocycles. The number of hydrogen-bond donors (Lipinski definition) is 6. The summed E-state index contributed by atoms with van der Waals surface area (Å²) in [6.07, 6.45) is 2.74. The molecule has 0 saturated carbocycles. The van der Waals surface area contributed by atoms with Crippen molar-refractivity contribution in [3.05, 3.63) is 115 Å². The molecule has 0 bridgehead atoms. The Kier molecular flexibility index (Phi) is 23.3. The van der Waals surface area contributed by atoms with Gasteiger partial charge in [-0.15, -0.1) is 0 Å². The van der Waals surface area contributed by atoms with Crippen molar-refractivity contribution in [3.63, 3.8) is 0 Å². The first-order valence-electron chi connectivity index (χ1n) is 23.7. The molecule has 0 fully saturated rings. The van der Waals surface area contributed by atoms with E-state index in [0.717, 1.165) is 34.4 Å². The van der Waals surface area contributed by atoms with Gasteiger partial charge in [-0.1, -0.05) is 46.4 Å². The lowest BCUT2D eigenvalue weighted by Gasteiger charge is -2.16. The van der Waals surface area contributed by atoms with E-state index in [1.165, 1.54) is 24.3 Å². The second-order valence-electron chi connectivity index (χ2n) is 16.7. The Morgan fingerprint density at radius 1 is 0.500 bits per heavy atom. The monoisotopic (exact) mass is 1150 g/mol. The van der Waals surface area contributed by atoms with Gasteiger partial charge in [0.15, 0.2) is 23.1 Å². The molecule has 6 rings (SSSR count). The molecular weight excluding hydrogens is 1100 g/mol. The third kappa shape index (κ3) is 18.2. The minimum absolute atomic E-state index is 0.0432. The average Bonchev–Trinajstić information content (AvgIpc) is 3.95. The molecule has 406 valence electrons. The molecule has 2 atom stereocenters. The average molecular weight is 1150 g/mol. The molecule has 6 N–H and O–H groups in total. The van der Waals surface area contributed by atoms with Gasteiger partial charge >= 0.3 is 12.1 Å². The molecule has 4 amide bonds. The molecule has 0 unspecified atom stereocenters. The predicted molar refractivity (Wildman–Crippen MR) is 275 cm³/mol. The van der Waals surface area contributed by atoms with Gasteiger partial charge in [0.25, 0.3) is 0 Å². The molecule has 0 heterocycles. The summed E-state index contributed by atoms with van der Waals surface area (Å²) >= 11 is 24.8. The number of benzene rings is 4. The zero-order chi connectivity index (χ0) is 53.1. The summed E-state index contributed by atoms with van der Waals surface area (Å²) in [5.74, 6) is -1.83. The number of carbonyl (C=O) groups is 2. The van der Waals surface area contributed by atoms with Crippen LogP contribution in [0.4, 0.5) is 18.4 Å². The number of hydrogen-bond acceptors (Lipinski definition) is 12. The topological polar surface area (TPSA) is 230 Å². The molecule has 0 aliphatic heterocycles. The second kappa shape index (κ2) is 29.3. The quantitative estimate of drug-likeness (QED) is 0.0271. The fourth-order valence-corrected chi connectivity index (χ4v) is 11.1. The van der Waals surface area contributed by atoms with Crippen LogP contribution in [0.15, 0.2) is 70.5 Å². The first-order valence-corrected chi connectivity index (χ1v) is 28.2. The molecule has 4 aromatic rings. The number of sulfonamides is 2. The van der Waals surface area contributed by atoms with Gasteiger partial charge in [-0.05, 0) is 121 Å². The molecule has 4 aromatic carbocycles. The molecule has 74 heavy (non-hydrogen) atoms. The largest absolute Gasteiger partial charge is 0.483 e. The molecule has 0 saturated heterocycles. The van der Waals surface area contributed by atoms with Crippen LogP contribution in [0.2, 0.25) is 20.1 Å². The zero-order valence-electron chi connectivity index (χ0n) is 40.1. The van der Waals surface area contributed by atoms with Crippen LogP contribution in [-0.4, -0.2) is 121 Å². The first kappa shape index (κ1) is 59.0. The first-order chi connectivity index (χ1) is 35.5. The molecule has 2 aliphatic rings. The van der Waals surface area contributed by atoms with E-state index in [4.69, 9.17) is 74.8 Å². The fourth-order valence-electron chi connectivity index (χ4n) is 7.81. The van der Waals surface area contributed by atoms with Crippen molar-refractivity contribution in [3.8, 4) is 11.5 Å². The van der Waals surface area contributed by atoms with Crippen molar-refractivity contribution < 1.29 is 63.6 Å². The Balaban J connectivity index is 0.686. The maximum Gasteiger partial charge on any atom is 0.314 e. The SMILES string of the molecule is O=C(NCCCCNC(=O)NCCOCCOCCNS(=O)(=O)c1ccc(O[C@@H]2CCc3c(Cl)cc(Cl)cc32)c(F)c1)NCCOCCOCCNS(=O)(=O)c1ccc(O[C@@H]2CCc3c(Cl)cc(Cl)cc32)c(F)c1. The van der Waals surface area contributed by atoms with Crippen LogP contribution in [0, 0.1) is 11.6 Å². The van der Waals surface area contributed by atoms with Gasteiger partial charge < -0.3 is 49.7 Å². The minimum Gasteiger partial charge on any atom is -0.483 e.